The molecule has 48 heavy (non-hydrogen) atoms. The van der Waals surface area contributed by atoms with E-state index < -0.39 is 5.60 Å². The summed E-state index contributed by atoms with van der Waals surface area (Å²) in [7, 11) is 1.49. The van der Waals surface area contributed by atoms with Crippen LogP contribution in [0.15, 0.2) is 78.9 Å². The highest BCUT2D eigenvalue weighted by atomic mass is 35.5. The molecule has 1 saturated heterocycles. The Bertz CT molecular complexity index is 1740. The summed E-state index contributed by atoms with van der Waals surface area (Å²) in [6, 6.07) is 27.4. The smallest absolute Gasteiger partial charge is 0.306 e. The van der Waals surface area contributed by atoms with E-state index in [0.29, 0.717) is 11.4 Å². The zero-order valence-electron chi connectivity index (χ0n) is 28.3. The Balaban J connectivity index is 1.21. The van der Waals surface area contributed by atoms with E-state index in [1.54, 1.807) is 0 Å². The molecule has 5 nitrogen and oxygen atoms in total. The van der Waals surface area contributed by atoms with Crippen molar-refractivity contribution in [2.24, 2.45) is 5.41 Å². The fourth-order valence-corrected chi connectivity index (χ4v) is 8.34. The zero-order chi connectivity index (χ0) is 33.6. The van der Waals surface area contributed by atoms with Crippen LogP contribution >= 0.6 is 23.4 Å². The molecule has 2 fully saturated rings. The van der Waals surface area contributed by atoms with Crippen molar-refractivity contribution in [2.45, 2.75) is 82.4 Å². The number of fused-ring (bicyclic) bond motifs is 1. The largest absolute Gasteiger partial charge is 0.469 e. The third kappa shape index (κ3) is 9.09. The summed E-state index contributed by atoms with van der Waals surface area (Å²) >= 11 is 8.20. The van der Waals surface area contributed by atoms with Crippen LogP contribution in [0.1, 0.15) is 92.0 Å². The normalized spacial score (nSPS) is 18.2. The number of hydrogen-bond donors (Lipinski definition) is 0. The number of aryl methyl sites for hydroxylation is 1. The minimum absolute atomic E-state index is 0.0475. The van der Waals surface area contributed by atoms with Gasteiger partial charge in [-0.15, -0.1) is 0 Å². The second kappa shape index (κ2) is 15.6. The molecule has 0 radical (unpaired) electrons. The minimum atomic E-state index is -0.466. The van der Waals surface area contributed by atoms with E-state index >= 15 is 0 Å². The minimum Gasteiger partial charge on any atom is -0.469 e. The van der Waals surface area contributed by atoms with Gasteiger partial charge in [0.15, 0.2) is 6.29 Å². The van der Waals surface area contributed by atoms with Gasteiger partial charge in [-0.25, -0.2) is 4.98 Å². The quantitative estimate of drug-likeness (QED) is 0.123. The summed E-state index contributed by atoms with van der Waals surface area (Å²) in [5.41, 5.74) is 6.29. The molecule has 0 spiro atoms. The molecule has 1 aliphatic carbocycles. The molecule has 0 amide bonds. The number of hydrogen-bond acceptors (Lipinski definition) is 6. The Morgan fingerprint density at radius 3 is 2.69 bits per heavy atom. The van der Waals surface area contributed by atoms with Gasteiger partial charge in [-0.1, -0.05) is 78.3 Å². The van der Waals surface area contributed by atoms with Crippen molar-refractivity contribution in [1.29, 1.82) is 0 Å². The SMILES string of the molecule is COC(=O)CC1(CS[C@H](CCc2ccccc2C(C)(C)OC2CCCCO2)c2cccc(/C=C/c3ccc4ccc(Cl)cc4n3)c2)CC1. The van der Waals surface area contributed by atoms with Gasteiger partial charge in [0.2, 0.25) is 0 Å². The maximum absolute atomic E-state index is 12.2. The number of ether oxygens (including phenoxy) is 3. The number of esters is 1. The molecular formula is C41H46ClNO4S. The summed E-state index contributed by atoms with van der Waals surface area (Å²) in [6.07, 6.45) is 11.7. The third-order valence-corrected chi connectivity index (χ3v) is 11.5. The Kier molecular flexibility index (Phi) is 11.3. The van der Waals surface area contributed by atoms with Crippen molar-refractivity contribution in [3.05, 3.63) is 112 Å². The molecule has 4 aromatic rings. The van der Waals surface area contributed by atoms with Crippen LogP contribution in [0.3, 0.4) is 0 Å². The van der Waals surface area contributed by atoms with Crippen molar-refractivity contribution in [1.82, 2.24) is 4.98 Å². The molecule has 1 aromatic heterocycles. The molecular weight excluding hydrogens is 638 g/mol. The van der Waals surface area contributed by atoms with Crippen LogP contribution < -0.4 is 0 Å². The van der Waals surface area contributed by atoms with Gasteiger partial charge in [0.1, 0.15) is 0 Å². The Labute approximate surface area is 294 Å². The lowest BCUT2D eigenvalue weighted by Crippen LogP contribution is -2.33. The predicted molar refractivity (Wildman–Crippen MR) is 198 cm³/mol. The molecule has 252 valence electrons. The van der Waals surface area contributed by atoms with E-state index in [1.165, 1.54) is 23.8 Å². The maximum atomic E-state index is 12.2. The predicted octanol–water partition coefficient (Wildman–Crippen LogP) is 10.6. The number of carbonyl (C=O) groups is 1. The summed E-state index contributed by atoms with van der Waals surface area (Å²) in [4.78, 5) is 17.0. The lowest BCUT2D eigenvalue weighted by Gasteiger charge is -2.34. The fourth-order valence-electron chi connectivity index (χ4n) is 6.60. The van der Waals surface area contributed by atoms with Crippen LogP contribution in [0.4, 0.5) is 0 Å². The first kappa shape index (κ1) is 34.7. The standard InChI is InChI=1S/C41H46ClNO4S/c1-40(2,47-39-13-6-7-24-46-39)35-12-5-4-10-30(35)17-21-37(48-28-41(22-23-41)27-38(44)45-3)32-11-8-9-29(25-32)14-19-34-20-16-31-15-18-33(42)26-36(31)43-34/h4-5,8-12,14-16,18-20,25-26,37,39H,6-7,13,17,21-24,27-28H2,1-3H3/b19-14+/t37-,39?/m1/s1. The molecule has 3 aromatic carbocycles. The van der Waals surface area contributed by atoms with Crippen LogP contribution in [0.5, 0.6) is 0 Å². The monoisotopic (exact) mass is 683 g/mol. The number of pyridine rings is 1. The molecule has 7 heteroatoms. The van der Waals surface area contributed by atoms with Crippen molar-refractivity contribution in [2.75, 3.05) is 19.5 Å². The maximum Gasteiger partial charge on any atom is 0.306 e. The summed E-state index contributed by atoms with van der Waals surface area (Å²) in [5.74, 6) is 0.825. The highest BCUT2D eigenvalue weighted by molar-refractivity contribution is 7.99. The van der Waals surface area contributed by atoms with E-state index in [1.807, 2.05) is 36.0 Å². The molecule has 2 aliphatic rings. The van der Waals surface area contributed by atoms with Gasteiger partial charge in [0.05, 0.1) is 30.3 Å². The van der Waals surface area contributed by atoms with E-state index in [2.05, 4.69) is 80.6 Å². The van der Waals surface area contributed by atoms with E-state index in [0.717, 1.165) is 79.5 Å². The molecule has 2 atom stereocenters. The van der Waals surface area contributed by atoms with Gasteiger partial charge in [-0.05, 0) is 111 Å². The number of halogens is 1. The average Bonchev–Trinajstić information content (AvgIpc) is 3.86. The summed E-state index contributed by atoms with van der Waals surface area (Å²) in [6.45, 7) is 5.09. The highest BCUT2D eigenvalue weighted by Crippen LogP contribution is 2.53. The Morgan fingerprint density at radius 2 is 1.90 bits per heavy atom. The molecule has 0 N–H and O–H groups in total. The molecule has 1 saturated carbocycles. The molecule has 2 heterocycles. The van der Waals surface area contributed by atoms with Gasteiger partial charge in [0.25, 0.3) is 0 Å². The number of aromatic nitrogens is 1. The molecule has 1 unspecified atom stereocenters. The number of benzene rings is 3. The summed E-state index contributed by atoms with van der Waals surface area (Å²) in [5, 5.41) is 2.01. The van der Waals surface area contributed by atoms with Crippen LogP contribution in [-0.4, -0.2) is 36.7 Å². The number of nitrogens with zero attached hydrogens (tertiary/aromatic N) is 1. The first-order chi connectivity index (χ1) is 23.2. The number of rotatable bonds is 14. The second-order valence-electron chi connectivity index (χ2n) is 13.7. The topological polar surface area (TPSA) is 57.7 Å². The van der Waals surface area contributed by atoms with Crippen molar-refractivity contribution in [3.63, 3.8) is 0 Å². The number of carbonyl (C=O) groups excluding carboxylic acids is 1. The second-order valence-corrected chi connectivity index (χ2v) is 15.4. The summed E-state index contributed by atoms with van der Waals surface area (Å²) < 4.78 is 17.6. The molecule has 1 aliphatic heterocycles. The lowest BCUT2D eigenvalue weighted by atomic mass is 9.89. The van der Waals surface area contributed by atoms with Gasteiger partial charge < -0.3 is 14.2 Å². The zero-order valence-corrected chi connectivity index (χ0v) is 29.8. The third-order valence-electron chi connectivity index (χ3n) is 9.61. The Hall–Kier alpha value is -3.16. The van der Waals surface area contributed by atoms with Crippen LogP contribution in [0, 0.1) is 5.41 Å². The van der Waals surface area contributed by atoms with Crippen molar-refractivity contribution < 1.29 is 19.0 Å². The van der Waals surface area contributed by atoms with Gasteiger partial charge in [0, 0.05) is 28.0 Å². The van der Waals surface area contributed by atoms with Crippen LogP contribution in [0.2, 0.25) is 5.02 Å². The van der Waals surface area contributed by atoms with Gasteiger partial charge in [-0.2, -0.15) is 11.8 Å². The van der Waals surface area contributed by atoms with Crippen molar-refractivity contribution in [3.8, 4) is 0 Å². The van der Waals surface area contributed by atoms with Crippen molar-refractivity contribution >= 4 is 52.4 Å². The fraction of sp³-hybridized carbons (Fsp3) is 0.415. The van der Waals surface area contributed by atoms with Gasteiger partial charge in [-0.3, -0.25) is 4.79 Å². The molecule has 6 rings (SSSR count). The highest BCUT2D eigenvalue weighted by Gasteiger charge is 2.45. The van der Waals surface area contributed by atoms with Gasteiger partial charge >= 0.3 is 5.97 Å². The number of methoxy groups -OCH3 is 1. The number of thioether (sulfide) groups is 1. The first-order valence-corrected chi connectivity index (χ1v) is 18.6. The first-order valence-electron chi connectivity index (χ1n) is 17.1. The van der Waals surface area contributed by atoms with Crippen LogP contribution in [-0.2, 0) is 31.0 Å². The molecule has 0 bridgehead atoms. The van der Waals surface area contributed by atoms with Crippen LogP contribution in [0.25, 0.3) is 23.1 Å². The van der Waals surface area contributed by atoms with E-state index in [4.69, 9.17) is 30.8 Å². The lowest BCUT2D eigenvalue weighted by molar-refractivity contribution is -0.219. The average molecular weight is 684 g/mol. The van der Waals surface area contributed by atoms with E-state index in [-0.39, 0.29) is 22.9 Å². The Morgan fingerprint density at radius 1 is 1.06 bits per heavy atom. The van der Waals surface area contributed by atoms with E-state index in [9.17, 15) is 4.79 Å².